The van der Waals surface area contributed by atoms with E-state index in [0.29, 0.717) is 5.69 Å². The van der Waals surface area contributed by atoms with Crippen molar-refractivity contribution in [2.45, 2.75) is 13.0 Å². The predicted octanol–water partition coefficient (Wildman–Crippen LogP) is 2.06. The summed E-state index contributed by atoms with van der Waals surface area (Å²) in [5.41, 5.74) is 0.830. The third-order valence-corrected chi connectivity index (χ3v) is 2.20. The highest BCUT2D eigenvalue weighted by Crippen LogP contribution is 2.23. The van der Waals surface area contributed by atoms with E-state index in [2.05, 4.69) is 5.10 Å². The van der Waals surface area contributed by atoms with E-state index < -0.39 is 11.9 Å². The van der Waals surface area contributed by atoms with Crippen LogP contribution in [0, 0.1) is 5.82 Å². The van der Waals surface area contributed by atoms with Crippen molar-refractivity contribution in [1.29, 1.82) is 0 Å². The van der Waals surface area contributed by atoms with Gasteiger partial charge in [-0.1, -0.05) is 6.07 Å². The Morgan fingerprint density at radius 1 is 1.40 bits per heavy atom. The molecule has 0 aliphatic rings. The molecular weight excluding hydrogens is 195 g/mol. The maximum absolute atomic E-state index is 13.5. The number of aliphatic hydroxyl groups is 1. The van der Waals surface area contributed by atoms with Gasteiger partial charge in [0.05, 0.1) is 11.8 Å². The van der Waals surface area contributed by atoms with E-state index in [4.69, 9.17) is 0 Å². The molecule has 1 atom stereocenters. The molecule has 2 aromatic rings. The van der Waals surface area contributed by atoms with Gasteiger partial charge in [0.15, 0.2) is 0 Å². The summed E-state index contributed by atoms with van der Waals surface area (Å²) in [6, 6.07) is 6.39. The molecule has 1 heterocycles. The van der Waals surface area contributed by atoms with E-state index in [1.165, 1.54) is 17.7 Å². The summed E-state index contributed by atoms with van der Waals surface area (Å²) >= 11 is 0. The topological polar surface area (TPSA) is 38.0 Å². The number of halogens is 1. The largest absolute Gasteiger partial charge is 0.389 e. The fourth-order valence-corrected chi connectivity index (χ4v) is 1.55. The molecule has 1 N–H and O–H groups in total. The molecule has 0 aliphatic carbocycles. The van der Waals surface area contributed by atoms with Crippen LogP contribution in [0.15, 0.2) is 36.7 Å². The highest BCUT2D eigenvalue weighted by atomic mass is 19.1. The van der Waals surface area contributed by atoms with Crippen molar-refractivity contribution in [3.05, 3.63) is 48.0 Å². The molecule has 0 fully saturated rings. The standard InChI is InChI=1S/C11H11FN2O/c1-8(15)11-9(12)4-2-5-10(11)14-7-3-6-13-14/h2-8,15H,1H3/t8-/m1/s1. The molecule has 0 bridgehead atoms. The third kappa shape index (κ3) is 1.76. The van der Waals surface area contributed by atoms with Gasteiger partial charge >= 0.3 is 0 Å². The molecule has 0 saturated carbocycles. The smallest absolute Gasteiger partial charge is 0.131 e. The van der Waals surface area contributed by atoms with Crippen LogP contribution in [0.2, 0.25) is 0 Å². The fraction of sp³-hybridized carbons (Fsp3) is 0.182. The van der Waals surface area contributed by atoms with Crippen LogP contribution in [0.25, 0.3) is 5.69 Å². The lowest BCUT2D eigenvalue weighted by Crippen LogP contribution is -2.05. The zero-order valence-corrected chi connectivity index (χ0v) is 8.26. The minimum Gasteiger partial charge on any atom is -0.389 e. The van der Waals surface area contributed by atoms with Crippen LogP contribution in [0.5, 0.6) is 0 Å². The van der Waals surface area contributed by atoms with Crippen molar-refractivity contribution in [2.24, 2.45) is 0 Å². The van der Waals surface area contributed by atoms with Gasteiger partial charge in [0.2, 0.25) is 0 Å². The van der Waals surface area contributed by atoms with Gasteiger partial charge in [0, 0.05) is 18.0 Å². The van der Waals surface area contributed by atoms with Crippen molar-refractivity contribution >= 4 is 0 Å². The molecule has 0 unspecified atom stereocenters. The zero-order chi connectivity index (χ0) is 10.8. The average Bonchev–Trinajstić information content (AvgIpc) is 2.69. The van der Waals surface area contributed by atoms with Crippen molar-refractivity contribution in [3.8, 4) is 5.69 Å². The fourth-order valence-electron chi connectivity index (χ4n) is 1.55. The van der Waals surface area contributed by atoms with Crippen molar-refractivity contribution < 1.29 is 9.50 Å². The summed E-state index contributed by atoms with van der Waals surface area (Å²) in [6.07, 6.45) is 2.46. The monoisotopic (exact) mass is 206 g/mol. The van der Waals surface area contributed by atoms with Crippen LogP contribution in [0.3, 0.4) is 0 Å². The molecular formula is C11H11FN2O. The molecule has 1 aromatic carbocycles. The minimum absolute atomic E-state index is 0.265. The molecule has 0 saturated heterocycles. The van der Waals surface area contributed by atoms with Crippen LogP contribution in [0.1, 0.15) is 18.6 Å². The highest BCUT2D eigenvalue weighted by Gasteiger charge is 2.14. The normalized spacial score (nSPS) is 12.7. The second-order valence-electron chi connectivity index (χ2n) is 3.30. The first-order valence-corrected chi connectivity index (χ1v) is 4.66. The second-order valence-corrected chi connectivity index (χ2v) is 3.30. The predicted molar refractivity (Wildman–Crippen MR) is 54.2 cm³/mol. The Labute approximate surface area is 86.8 Å². The van der Waals surface area contributed by atoms with Gasteiger partial charge in [-0.2, -0.15) is 5.10 Å². The Bertz CT molecular complexity index is 452. The van der Waals surface area contributed by atoms with E-state index in [1.807, 2.05) is 0 Å². The highest BCUT2D eigenvalue weighted by molar-refractivity contribution is 5.42. The van der Waals surface area contributed by atoms with Gasteiger partial charge in [-0.15, -0.1) is 0 Å². The zero-order valence-electron chi connectivity index (χ0n) is 8.26. The van der Waals surface area contributed by atoms with Crippen LogP contribution in [-0.4, -0.2) is 14.9 Å². The van der Waals surface area contributed by atoms with Gasteiger partial charge in [0.25, 0.3) is 0 Å². The number of benzene rings is 1. The van der Waals surface area contributed by atoms with Gasteiger partial charge in [-0.25, -0.2) is 9.07 Å². The van der Waals surface area contributed by atoms with Crippen LogP contribution < -0.4 is 0 Å². The van der Waals surface area contributed by atoms with Crippen LogP contribution in [-0.2, 0) is 0 Å². The Morgan fingerprint density at radius 2 is 2.20 bits per heavy atom. The quantitative estimate of drug-likeness (QED) is 0.816. The Hall–Kier alpha value is -1.68. The second kappa shape index (κ2) is 3.82. The Morgan fingerprint density at radius 3 is 2.80 bits per heavy atom. The van der Waals surface area contributed by atoms with Gasteiger partial charge in [-0.05, 0) is 25.1 Å². The lowest BCUT2D eigenvalue weighted by molar-refractivity contribution is 0.194. The van der Waals surface area contributed by atoms with E-state index >= 15 is 0 Å². The number of aromatic nitrogens is 2. The first-order chi connectivity index (χ1) is 7.20. The summed E-state index contributed by atoms with van der Waals surface area (Å²) < 4.78 is 15.0. The van der Waals surface area contributed by atoms with Crippen LogP contribution in [0.4, 0.5) is 4.39 Å². The number of hydrogen-bond donors (Lipinski definition) is 1. The molecule has 0 amide bonds. The summed E-state index contributed by atoms with van der Waals surface area (Å²) in [5, 5.41) is 13.5. The Kier molecular flexibility index (Phi) is 2.51. The van der Waals surface area contributed by atoms with Gasteiger partial charge < -0.3 is 5.11 Å². The lowest BCUT2D eigenvalue weighted by Gasteiger charge is -2.12. The molecule has 1 aromatic heterocycles. The molecule has 0 radical (unpaired) electrons. The summed E-state index contributed by atoms with van der Waals surface area (Å²) in [7, 11) is 0. The molecule has 15 heavy (non-hydrogen) atoms. The third-order valence-electron chi connectivity index (χ3n) is 2.20. The molecule has 0 spiro atoms. The first kappa shape index (κ1) is 9.86. The van der Waals surface area contributed by atoms with Crippen LogP contribution >= 0.6 is 0 Å². The van der Waals surface area contributed by atoms with E-state index in [-0.39, 0.29) is 5.56 Å². The van der Waals surface area contributed by atoms with Crippen molar-refractivity contribution in [2.75, 3.05) is 0 Å². The minimum atomic E-state index is -0.856. The number of rotatable bonds is 2. The van der Waals surface area contributed by atoms with Gasteiger partial charge in [-0.3, -0.25) is 0 Å². The van der Waals surface area contributed by atoms with Crippen molar-refractivity contribution in [3.63, 3.8) is 0 Å². The molecule has 0 aliphatic heterocycles. The summed E-state index contributed by atoms with van der Waals surface area (Å²) in [6.45, 7) is 1.53. The molecule has 78 valence electrons. The Balaban J connectivity index is 2.61. The summed E-state index contributed by atoms with van der Waals surface area (Å²) in [5.74, 6) is -0.419. The summed E-state index contributed by atoms with van der Waals surface area (Å²) in [4.78, 5) is 0. The van der Waals surface area contributed by atoms with Crippen molar-refractivity contribution in [1.82, 2.24) is 9.78 Å². The number of hydrogen-bond acceptors (Lipinski definition) is 2. The lowest BCUT2D eigenvalue weighted by atomic mass is 10.1. The van der Waals surface area contributed by atoms with Gasteiger partial charge in [0.1, 0.15) is 5.82 Å². The number of nitrogens with zero attached hydrogens (tertiary/aromatic N) is 2. The molecule has 4 heteroatoms. The maximum atomic E-state index is 13.5. The maximum Gasteiger partial charge on any atom is 0.131 e. The first-order valence-electron chi connectivity index (χ1n) is 4.66. The van der Waals surface area contributed by atoms with E-state index in [0.717, 1.165) is 0 Å². The van der Waals surface area contributed by atoms with E-state index in [1.54, 1.807) is 30.6 Å². The number of aliphatic hydroxyl groups excluding tert-OH is 1. The average molecular weight is 206 g/mol. The SMILES string of the molecule is C[C@@H](O)c1c(F)cccc1-n1cccn1. The molecule has 2 rings (SSSR count). The van der Waals surface area contributed by atoms with E-state index in [9.17, 15) is 9.50 Å². The molecule has 3 nitrogen and oxygen atoms in total.